The molecule has 0 N–H and O–H groups in total. The Kier molecular flexibility index (Phi) is 18.3. The third-order valence-electron chi connectivity index (χ3n) is 29.9. The van der Waals surface area contributed by atoms with E-state index < -0.39 is 0 Å². The number of para-hydroxylation sites is 6. The van der Waals surface area contributed by atoms with Crippen LogP contribution in [0, 0.1) is 0 Å². The first kappa shape index (κ1) is 81.1. The van der Waals surface area contributed by atoms with Gasteiger partial charge in [-0.15, -0.1) is 34.0 Å². The van der Waals surface area contributed by atoms with Gasteiger partial charge in [0.25, 0.3) is 0 Å². The zero-order chi connectivity index (χ0) is 93.6. The highest BCUT2D eigenvalue weighted by Gasteiger charge is 2.28. The number of hydrogen-bond donors (Lipinski definition) is 0. The van der Waals surface area contributed by atoms with Crippen LogP contribution in [0.25, 0.3) is 280 Å². The van der Waals surface area contributed by atoms with Gasteiger partial charge in [-0.1, -0.05) is 340 Å². The quantitative estimate of drug-likeness (QED) is 0.138. The van der Waals surface area contributed by atoms with Crippen LogP contribution >= 0.6 is 34.0 Å². The molecule has 9 aromatic heterocycles. The molecule has 666 valence electrons. The number of rotatable bonds is 9. The van der Waals surface area contributed by atoms with Crippen molar-refractivity contribution in [2.45, 2.75) is 0 Å². The van der Waals surface area contributed by atoms with Crippen LogP contribution < -0.4 is 0 Å². The largest absolute Gasteiger partial charge is 0.309 e. The average Bonchev–Trinajstić information content (AvgIpc) is 1.55. The van der Waals surface area contributed by atoms with E-state index in [1.54, 1.807) is 0 Å². The Balaban J connectivity index is 0.000000100. The van der Waals surface area contributed by atoms with Gasteiger partial charge in [0.05, 0.1) is 80.3 Å². The predicted molar refractivity (Wildman–Crippen MR) is 615 cm³/mol. The van der Waals surface area contributed by atoms with Crippen LogP contribution in [-0.2, 0) is 0 Å². The van der Waals surface area contributed by atoms with Crippen molar-refractivity contribution in [3.8, 4) is 67.5 Å². The molecule has 32 aromatic rings. The van der Waals surface area contributed by atoms with Gasteiger partial charge in [0.2, 0.25) is 0 Å². The lowest BCUT2D eigenvalue weighted by Crippen LogP contribution is -1.96. The Morgan fingerprint density at radius 3 is 0.769 bits per heavy atom. The monoisotopic (exact) mass is 1870 g/mol. The Morgan fingerprint density at radius 2 is 0.378 bits per heavy atom. The lowest BCUT2D eigenvalue weighted by atomic mass is 9.99. The van der Waals surface area contributed by atoms with E-state index in [0.717, 1.165) is 11.4 Å². The van der Waals surface area contributed by atoms with Gasteiger partial charge < -0.3 is 27.4 Å². The molecule has 32 rings (SSSR count). The smallest absolute Gasteiger partial charge is 0.0719 e. The van der Waals surface area contributed by atoms with E-state index in [0.29, 0.717) is 0 Å². The first-order chi connectivity index (χ1) is 70.9. The van der Waals surface area contributed by atoms with Gasteiger partial charge in [0, 0.05) is 145 Å². The molecule has 6 nitrogen and oxygen atoms in total. The molecule has 0 radical (unpaired) electrons. The molecule has 0 aliphatic carbocycles. The highest BCUT2D eigenvalue weighted by molar-refractivity contribution is 7.27. The zero-order valence-corrected chi connectivity index (χ0v) is 79.7. The van der Waals surface area contributed by atoms with E-state index in [9.17, 15) is 0 Å². The van der Waals surface area contributed by atoms with Crippen molar-refractivity contribution in [2.24, 2.45) is 0 Å². The van der Waals surface area contributed by atoms with Crippen molar-refractivity contribution in [1.82, 2.24) is 27.4 Å². The standard InChI is InChI=1S/C48H30N2S.C46H28N2S.C40H24N2S/c1-3-12-31(13-4-1)33-14-11-15-34(28-33)32-22-24-36(25-23-32)49-43-20-9-7-18-37(43)41-29-42-39-26-27-40-38-19-8-10-21-46(38)51-48(40)47(39)50(45(42)30-44(41)49)35-16-5-2-6-17-35;1-2-12-33(13-3-1)48-43-28-42-39(27-40(43)37-24-25-38-36-15-7-9-17-44(36)49-46(38)45(37)48)35-14-6-8-16-41(35)47(42)34-22-20-30(21-23-34)32-19-18-29-10-4-5-11-31(29)26-32;1-2-12-27(13-3-1)42-37-24-36-33(23-34(37)31-20-21-32-30-15-7-9-17-38(30)43-40(32)39(31)42)29-14-6-8-16-35(29)41(36)28-19-18-25-10-4-5-11-26(25)22-28/h1-30H;1-28H;1-24H. The van der Waals surface area contributed by atoms with E-state index >= 15 is 0 Å². The van der Waals surface area contributed by atoms with Gasteiger partial charge in [-0.3, -0.25) is 0 Å². The molecule has 0 atom stereocenters. The van der Waals surface area contributed by atoms with E-state index in [-0.39, 0.29) is 0 Å². The molecule has 0 saturated carbocycles. The molecule has 0 unspecified atom stereocenters. The minimum Gasteiger partial charge on any atom is -0.309 e. The SMILES string of the molecule is c1ccc(-c2cccc(-c3ccc(-n4c5ccccc5c5cc6c7ccc8c9ccccc9sc8c7n(-c7ccccc7)c6cc54)cc3)c2)cc1.c1ccc(-n2c3cc4c(cc3c3ccc5c6ccccc6sc5c32)c2ccccc2n4-c2ccc(-c3ccc4ccccc4c3)cc2)cc1.c1ccc(-n2c3cc4c(cc3c3ccc5c6ccccc6sc5c32)c2ccccc2n4-c2ccc3ccccc3c2)cc1. The van der Waals surface area contributed by atoms with Crippen molar-refractivity contribution >= 4 is 247 Å². The van der Waals surface area contributed by atoms with Gasteiger partial charge in [0.15, 0.2) is 0 Å². The summed E-state index contributed by atoms with van der Waals surface area (Å²) < 4.78 is 22.8. The summed E-state index contributed by atoms with van der Waals surface area (Å²) in [6, 6.07) is 182. The highest BCUT2D eigenvalue weighted by atomic mass is 32.1. The zero-order valence-electron chi connectivity index (χ0n) is 77.3. The van der Waals surface area contributed by atoms with Gasteiger partial charge in [-0.25, -0.2) is 0 Å². The number of thiophene rings is 3. The van der Waals surface area contributed by atoms with Crippen LogP contribution in [0.2, 0.25) is 0 Å². The maximum atomic E-state index is 2.49. The first-order valence-electron chi connectivity index (χ1n) is 48.9. The summed E-state index contributed by atoms with van der Waals surface area (Å²) in [4.78, 5) is 0. The Bertz CT molecular complexity index is 10900. The van der Waals surface area contributed by atoms with E-state index in [4.69, 9.17) is 0 Å². The minimum atomic E-state index is 1.15. The van der Waals surface area contributed by atoms with E-state index in [1.807, 2.05) is 34.0 Å². The number of benzene rings is 23. The van der Waals surface area contributed by atoms with Crippen molar-refractivity contribution in [2.75, 3.05) is 0 Å². The molecule has 0 bridgehead atoms. The normalized spacial score (nSPS) is 12.1. The molecule has 0 aliphatic heterocycles. The third-order valence-corrected chi connectivity index (χ3v) is 33.4. The minimum absolute atomic E-state index is 1.15. The molecule has 0 aliphatic rings. The lowest BCUT2D eigenvalue weighted by Gasteiger charge is -2.11. The number of aromatic nitrogens is 6. The molecule has 0 saturated heterocycles. The molecule has 9 heterocycles. The predicted octanol–water partition coefficient (Wildman–Crippen LogP) is 38.1. The number of hydrogen-bond acceptors (Lipinski definition) is 3. The fraction of sp³-hybridized carbons (Fsp3) is 0. The second kappa shape index (κ2) is 32.3. The highest BCUT2D eigenvalue weighted by Crippen LogP contribution is 2.52. The van der Waals surface area contributed by atoms with Crippen LogP contribution in [0.1, 0.15) is 0 Å². The fourth-order valence-corrected chi connectivity index (χ4v) is 27.1. The van der Waals surface area contributed by atoms with Gasteiger partial charge >= 0.3 is 0 Å². The maximum absolute atomic E-state index is 2.49. The van der Waals surface area contributed by atoms with Crippen LogP contribution in [0.3, 0.4) is 0 Å². The molecule has 9 heteroatoms. The Labute approximate surface area is 832 Å². The molecule has 143 heavy (non-hydrogen) atoms. The number of fused-ring (bicyclic) bond motifs is 32. The molecule has 0 fully saturated rings. The van der Waals surface area contributed by atoms with E-state index in [2.05, 4.69) is 525 Å². The summed E-state index contributed by atoms with van der Waals surface area (Å²) in [6.07, 6.45) is 0. The van der Waals surface area contributed by atoms with Crippen LogP contribution in [0.4, 0.5) is 0 Å². The second-order valence-corrected chi connectivity index (χ2v) is 40.8. The maximum Gasteiger partial charge on any atom is 0.0719 e. The van der Waals surface area contributed by atoms with Crippen molar-refractivity contribution in [1.29, 1.82) is 0 Å². The summed E-state index contributed by atoms with van der Waals surface area (Å²) in [5, 5.41) is 28.3. The van der Waals surface area contributed by atoms with Crippen molar-refractivity contribution < 1.29 is 0 Å². The second-order valence-electron chi connectivity index (χ2n) is 37.7. The summed E-state index contributed by atoms with van der Waals surface area (Å²) in [7, 11) is 0. The fourth-order valence-electron chi connectivity index (χ4n) is 23.4. The number of nitrogens with zero attached hydrogens (tertiary/aromatic N) is 6. The van der Waals surface area contributed by atoms with Crippen LogP contribution in [0.5, 0.6) is 0 Å². The van der Waals surface area contributed by atoms with E-state index in [1.165, 1.54) is 269 Å². The molecule has 0 spiro atoms. The topological polar surface area (TPSA) is 29.6 Å². The van der Waals surface area contributed by atoms with Crippen LogP contribution in [-0.4, -0.2) is 27.4 Å². The van der Waals surface area contributed by atoms with Crippen LogP contribution in [0.15, 0.2) is 497 Å². The Hall–Kier alpha value is -18.0. The summed E-state index contributed by atoms with van der Waals surface area (Å²) in [5.41, 5.74) is 29.1. The van der Waals surface area contributed by atoms with Gasteiger partial charge in [-0.05, 0) is 213 Å². The van der Waals surface area contributed by atoms with Gasteiger partial charge in [0.1, 0.15) is 0 Å². The molecule has 0 amide bonds. The summed E-state index contributed by atoms with van der Waals surface area (Å²) in [5.74, 6) is 0. The molecule has 23 aromatic carbocycles. The summed E-state index contributed by atoms with van der Waals surface area (Å²) in [6.45, 7) is 0. The van der Waals surface area contributed by atoms with Gasteiger partial charge in [-0.2, -0.15) is 0 Å². The lowest BCUT2D eigenvalue weighted by molar-refractivity contribution is 1.17. The average molecular weight is 1870 g/mol. The Morgan fingerprint density at radius 1 is 0.119 bits per heavy atom. The summed E-state index contributed by atoms with van der Waals surface area (Å²) >= 11 is 5.69. The molecular weight excluding hydrogens is 1790 g/mol. The third kappa shape index (κ3) is 12.7. The first-order valence-corrected chi connectivity index (χ1v) is 51.3. The van der Waals surface area contributed by atoms with Crippen molar-refractivity contribution in [3.05, 3.63) is 497 Å². The van der Waals surface area contributed by atoms with Crippen molar-refractivity contribution in [3.63, 3.8) is 0 Å². The molecular formula is C134H82N6S3.